The molecule has 4 nitrogen and oxygen atoms in total. The van der Waals surface area contributed by atoms with Gasteiger partial charge in [-0.05, 0) is 30.9 Å². The molecule has 0 spiro atoms. The van der Waals surface area contributed by atoms with Gasteiger partial charge in [0.1, 0.15) is 11.3 Å². The molecule has 0 unspecified atom stereocenters. The highest BCUT2D eigenvalue weighted by Gasteiger charge is 2.13. The van der Waals surface area contributed by atoms with Crippen LogP contribution in [0.1, 0.15) is 5.56 Å². The molecule has 0 aliphatic rings. The molecular formula is C14H14N4S. The molecule has 0 aliphatic carbocycles. The first-order valence-corrected chi connectivity index (χ1v) is 7.20. The first kappa shape index (κ1) is 12.2. The average Bonchev–Trinajstić information content (AvgIpc) is 2.75. The fourth-order valence-corrected chi connectivity index (χ4v) is 2.69. The summed E-state index contributed by atoms with van der Waals surface area (Å²) in [5, 5.41) is 0. The van der Waals surface area contributed by atoms with Gasteiger partial charge in [-0.1, -0.05) is 0 Å². The van der Waals surface area contributed by atoms with Crippen molar-refractivity contribution in [1.82, 2.24) is 19.5 Å². The number of nitrogens with zero attached hydrogens (tertiary/aromatic N) is 4. The average molecular weight is 270 g/mol. The van der Waals surface area contributed by atoms with Gasteiger partial charge in [0, 0.05) is 36.1 Å². The van der Waals surface area contributed by atoms with E-state index >= 15 is 0 Å². The van der Waals surface area contributed by atoms with E-state index in [2.05, 4.69) is 16.0 Å². The lowest BCUT2D eigenvalue weighted by Gasteiger charge is -2.06. The molecule has 5 heteroatoms. The molecule has 0 aliphatic heterocycles. The topological polar surface area (TPSA) is 43.6 Å². The molecule has 0 saturated heterocycles. The van der Waals surface area contributed by atoms with E-state index in [0.717, 1.165) is 33.0 Å². The van der Waals surface area contributed by atoms with Gasteiger partial charge in [0.25, 0.3) is 0 Å². The number of hydrogen-bond acceptors (Lipinski definition) is 4. The van der Waals surface area contributed by atoms with Crippen LogP contribution in [0.15, 0.2) is 35.6 Å². The van der Waals surface area contributed by atoms with Gasteiger partial charge in [0.15, 0.2) is 5.65 Å². The zero-order chi connectivity index (χ0) is 13.4. The largest absolute Gasteiger partial charge is 0.312 e. The Hall–Kier alpha value is -1.88. The van der Waals surface area contributed by atoms with Gasteiger partial charge < -0.3 is 4.57 Å². The smallest absolute Gasteiger partial charge is 0.160 e. The van der Waals surface area contributed by atoms with E-state index in [9.17, 15) is 0 Å². The first-order valence-electron chi connectivity index (χ1n) is 5.98. The van der Waals surface area contributed by atoms with Crippen LogP contribution in [0.5, 0.6) is 0 Å². The van der Waals surface area contributed by atoms with E-state index in [1.807, 2.05) is 43.3 Å². The molecule has 3 aromatic rings. The molecule has 0 radical (unpaired) electrons. The Bertz CT molecular complexity index is 748. The molecule has 0 amide bonds. The normalized spacial score (nSPS) is 11.1. The van der Waals surface area contributed by atoms with Crippen molar-refractivity contribution in [1.29, 1.82) is 0 Å². The predicted octanol–water partition coefficient (Wildman–Crippen LogP) is 3.06. The summed E-state index contributed by atoms with van der Waals surface area (Å²) in [4.78, 5) is 14.5. The van der Waals surface area contributed by atoms with Gasteiger partial charge in [-0.2, -0.15) is 0 Å². The Labute approximate surface area is 115 Å². The number of aromatic nitrogens is 4. The van der Waals surface area contributed by atoms with Crippen LogP contribution < -0.4 is 0 Å². The molecule has 0 aromatic carbocycles. The second-order valence-electron chi connectivity index (χ2n) is 4.43. The highest BCUT2D eigenvalue weighted by Crippen LogP contribution is 2.30. The Morgan fingerprint density at radius 2 is 2.11 bits per heavy atom. The number of imidazole rings is 1. The van der Waals surface area contributed by atoms with Crippen LogP contribution in [-0.4, -0.2) is 25.8 Å². The van der Waals surface area contributed by atoms with Crippen LogP contribution in [0.3, 0.4) is 0 Å². The van der Waals surface area contributed by atoms with Crippen molar-refractivity contribution in [2.45, 2.75) is 11.8 Å². The third-order valence-electron chi connectivity index (χ3n) is 3.09. The quantitative estimate of drug-likeness (QED) is 0.671. The highest BCUT2D eigenvalue weighted by molar-refractivity contribution is 7.98. The van der Waals surface area contributed by atoms with Gasteiger partial charge in [0.2, 0.25) is 0 Å². The summed E-state index contributed by atoms with van der Waals surface area (Å²) in [5.74, 6) is 0.930. The standard InChI is InChI=1S/C14H14N4S/c1-9-6-11-14(16-7-9)18(2)13(17-11)10-4-5-15-8-12(10)19-3/h4-8H,1-3H3. The van der Waals surface area contributed by atoms with Gasteiger partial charge >= 0.3 is 0 Å². The number of fused-ring (bicyclic) bond motifs is 1. The monoisotopic (exact) mass is 270 g/mol. The summed E-state index contributed by atoms with van der Waals surface area (Å²) in [6.45, 7) is 2.03. The molecular weight excluding hydrogens is 256 g/mol. The fraction of sp³-hybridized carbons (Fsp3) is 0.214. The van der Waals surface area contributed by atoms with E-state index in [4.69, 9.17) is 4.98 Å². The molecule has 96 valence electrons. The van der Waals surface area contributed by atoms with Gasteiger partial charge in [-0.25, -0.2) is 9.97 Å². The maximum Gasteiger partial charge on any atom is 0.160 e. The van der Waals surface area contributed by atoms with Gasteiger partial charge in [0.05, 0.1) is 0 Å². The molecule has 0 N–H and O–H groups in total. The molecule has 3 heterocycles. The maximum atomic E-state index is 4.71. The van der Waals surface area contributed by atoms with E-state index in [1.54, 1.807) is 18.0 Å². The van der Waals surface area contributed by atoms with Crippen molar-refractivity contribution in [2.75, 3.05) is 6.26 Å². The summed E-state index contributed by atoms with van der Waals surface area (Å²) < 4.78 is 2.03. The zero-order valence-corrected chi connectivity index (χ0v) is 11.9. The van der Waals surface area contributed by atoms with E-state index in [-0.39, 0.29) is 0 Å². The molecule has 0 bridgehead atoms. The Kier molecular flexibility index (Phi) is 2.98. The highest BCUT2D eigenvalue weighted by atomic mass is 32.2. The Balaban J connectivity index is 2.28. The third kappa shape index (κ3) is 2.00. The van der Waals surface area contributed by atoms with Crippen molar-refractivity contribution in [2.24, 2.45) is 7.05 Å². The van der Waals surface area contributed by atoms with Crippen LogP contribution in [-0.2, 0) is 7.05 Å². The number of rotatable bonds is 2. The second kappa shape index (κ2) is 4.66. The molecule has 0 atom stereocenters. The predicted molar refractivity (Wildman–Crippen MR) is 78.3 cm³/mol. The number of hydrogen-bond donors (Lipinski definition) is 0. The second-order valence-corrected chi connectivity index (χ2v) is 5.27. The zero-order valence-electron chi connectivity index (χ0n) is 11.1. The molecule has 3 aromatic heterocycles. The van der Waals surface area contributed by atoms with Crippen molar-refractivity contribution >= 4 is 22.9 Å². The summed E-state index contributed by atoms with van der Waals surface area (Å²) in [7, 11) is 2.00. The number of pyridine rings is 2. The SMILES string of the molecule is CSc1cnccc1-c1nc2cc(C)cnc2n1C. The van der Waals surface area contributed by atoms with Crippen molar-refractivity contribution in [3.63, 3.8) is 0 Å². The van der Waals surface area contributed by atoms with Crippen LogP contribution in [0.2, 0.25) is 0 Å². The lowest BCUT2D eigenvalue weighted by Crippen LogP contribution is -1.95. The van der Waals surface area contributed by atoms with Crippen LogP contribution in [0.4, 0.5) is 0 Å². The maximum absolute atomic E-state index is 4.71. The van der Waals surface area contributed by atoms with Crippen LogP contribution in [0.25, 0.3) is 22.6 Å². The van der Waals surface area contributed by atoms with Crippen molar-refractivity contribution < 1.29 is 0 Å². The van der Waals surface area contributed by atoms with E-state index in [1.165, 1.54) is 0 Å². The Morgan fingerprint density at radius 3 is 2.89 bits per heavy atom. The number of thioether (sulfide) groups is 1. The minimum absolute atomic E-state index is 0.907. The minimum Gasteiger partial charge on any atom is -0.312 e. The fourth-order valence-electron chi connectivity index (χ4n) is 2.14. The van der Waals surface area contributed by atoms with Crippen LogP contribution in [0, 0.1) is 6.92 Å². The van der Waals surface area contributed by atoms with E-state index < -0.39 is 0 Å². The summed E-state index contributed by atoms with van der Waals surface area (Å²) in [6.07, 6.45) is 7.59. The lowest BCUT2D eigenvalue weighted by molar-refractivity contribution is 0.936. The van der Waals surface area contributed by atoms with Gasteiger partial charge in [-0.3, -0.25) is 4.98 Å². The van der Waals surface area contributed by atoms with Crippen molar-refractivity contribution in [3.05, 3.63) is 36.3 Å². The molecule has 0 fully saturated rings. The number of aryl methyl sites for hydroxylation is 2. The molecule has 3 rings (SSSR count). The summed E-state index contributed by atoms with van der Waals surface area (Å²) in [6, 6.07) is 4.06. The lowest BCUT2D eigenvalue weighted by atomic mass is 10.2. The summed E-state index contributed by atoms with van der Waals surface area (Å²) in [5.41, 5.74) is 4.06. The minimum atomic E-state index is 0.907. The summed E-state index contributed by atoms with van der Waals surface area (Å²) >= 11 is 1.68. The van der Waals surface area contributed by atoms with Crippen LogP contribution >= 0.6 is 11.8 Å². The first-order chi connectivity index (χ1) is 9.20. The van der Waals surface area contributed by atoms with Crippen molar-refractivity contribution in [3.8, 4) is 11.4 Å². The molecule has 19 heavy (non-hydrogen) atoms. The third-order valence-corrected chi connectivity index (χ3v) is 3.86. The van der Waals surface area contributed by atoms with Gasteiger partial charge in [-0.15, -0.1) is 11.8 Å². The molecule has 0 saturated carbocycles. The Morgan fingerprint density at radius 1 is 1.26 bits per heavy atom. The van der Waals surface area contributed by atoms with E-state index in [0.29, 0.717) is 0 Å².